The molecule has 0 amide bonds. The fourth-order valence-electron chi connectivity index (χ4n) is 1.24. The molecule has 0 radical (unpaired) electrons. The van der Waals surface area contributed by atoms with Crippen molar-refractivity contribution in [3.05, 3.63) is 29.8 Å². The lowest BCUT2D eigenvalue weighted by molar-refractivity contribution is -0.0914. The highest BCUT2D eigenvalue weighted by molar-refractivity contribution is 5.45. The summed E-state index contributed by atoms with van der Waals surface area (Å²) in [6.07, 6.45) is -0.261. The van der Waals surface area contributed by atoms with Crippen LogP contribution in [0.5, 0.6) is 0 Å². The van der Waals surface area contributed by atoms with E-state index >= 15 is 0 Å². The van der Waals surface area contributed by atoms with Crippen molar-refractivity contribution in [3.8, 4) is 0 Å². The van der Waals surface area contributed by atoms with E-state index in [2.05, 4.69) is 5.32 Å². The number of methoxy groups -OCH3 is 2. The van der Waals surface area contributed by atoms with Crippen molar-refractivity contribution < 1.29 is 14.6 Å². The Labute approximate surface area is 89.8 Å². The Morgan fingerprint density at radius 1 is 1.33 bits per heavy atom. The van der Waals surface area contributed by atoms with Crippen LogP contribution < -0.4 is 5.32 Å². The molecule has 0 atom stereocenters. The molecule has 1 rings (SSSR count). The van der Waals surface area contributed by atoms with Gasteiger partial charge in [0.15, 0.2) is 6.29 Å². The Balaban J connectivity index is 2.49. The fraction of sp³-hybridized carbons (Fsp3) is 0.455. The van der Waals surface area contributed by atoms with E-state index in [0.717, 1.165) is 11.3 Å². The molecule has 0 heterocycles. The monoisotopic (exact) mass is 211 g/mol. The number of aliphatic hydroxyl groups excluding tert-OH is 1. The first kappa shape index (κ1) is 12.0. The van der Waals surface area contributed by atoms with Crippen LogP contribution in [0.4, 0.5) is 5.69 Å². The minimum atomic E-state index is -0.261. The van der Waals surface area contributed by atoms with Crippen molar-refractivity contribution in [2.75, 3.05) is 26.1 Å². The van der Waals surface area contributed by atoms with Crippen LogP contribution in [0.1, 0.15) is 5.56 Å². The molecule has 1 aromatic carbocycles. The zero-order chi connectivity index (χ0) is 11.1. The summed E-state index contributed by atoms with van der Waals surface area (Å²) in [5, 5.41) is 12.1. The van der Waals surface area contributed by atoms with Gasteiger partial charge >= 0.3 is 0 Å². The van der Waals surface area contributed by atoms with Crippen LogP contribution >= 0.6 is 0 Å². The fourth-order valence-corrected chi connectivity index (χ4v) is 1.24. The third-order valence-electron chi connectivity index (χ3n) is 2.11. The maximum absolute atomic E-state index is 8.95. The lowest BCUT2D eigenvalue weighted by atomic mass is 10.2. The van der Waals surface area contributed by atoms with E-state index in [-0.39, 0.29) is 12.9 Å². The van der Waals surface area contributed by atoms with Gasteiger partial charge in [0.05, 0.1) is 13.2 Å². The third kappa shape index (κ3) is 3.87. The SMILES string of the molecule is COC(CNc1cccc(CO)c1)OC. The van der Waals surface area contributed by atoms with Crippen molar-refractivity contribution in [1.82, 2.24) is 0 Å². The second kappa shape index (κ2) is 6.40. The topological polar surface area (TPSA) is 50.7 Å². The molecule has 0 unspecified atom stereocenters. The molecule has 1 aromatic rings. The lowest BCUT2D eigenvalue weighted by Crippen LogP contribution is -2.23. The van der Waals surface area contributed by atoms with E-state index < -0.39 is 0 Å². The van der Waals surface area contributed by atoms with Crippen LogP contribution in [0, 0.1) is 0 Å². The zero-order valence-electron chi connectivity index (χ0n) is 9.06. The first-order valence-corrected chi connectivity index (χ1v) is 4.79. The molecule has 0 fully saturated rings. The molecule has 0 spiro atoms. The molecule has 0 aromatic heterocycles. The number of ether oxygens (including phenoxy) is 2. The van der Waals surface area contributed by atoms with Crippen LogP contribution in [-0.4, -0.2) is 32.2 Å². The largest absolute Gasteiger partial charge is 0.392 e. The van der Waals surface area contributed by atoms with Gasteiger partial charge in [-0.25, -0.2) is 0 Å². The number of anilines is 1. The maximum Gasteiger partial charge on any atom is 0.173 e. The zero-order valence-corrected chi connectivity index (χ0v) is 9.06. The van der Waals surface area contributed by atoms with Crippen LogP contribution in [0.25, 0.3) is 0 Å². The molecule has 0 aliphatic heterocycles. The first-order chi connectivity index (χ1) is 7.30. The van der Waals surface area contributed by atoms with E-state index in [1.54, 1.807) is 14.2 Å². The lowest BCUT2D eigenvalue weighted by Gasteiger charge is -2.15. The van der Waals surface area contributed by atoms with Crippen LogP contribution in [0.3, 0.4) is 0 Å². The normalized spacial score (nSPS) is 10.7. The van der Waals surface area contributed by atoms with Gasteiger partial charge in [-0.05, 0) is 17.7 Å². The van der Waals surface area contributed by atoms with Crippen molar-refractivity contribution in [3.63, 3.8) is 0 Å². The second-order valence-corrected chi connectivity index (χ2v) is 3.14. The number of rotatable bonds is 6. The highest BCUT2D eigenvalue weighted by atomic mass is 16.7. The van der Waals surface area contributed by atoms with E-state index in [4.69, 9.17) is 14.6 Å². The standard InChI is InChI=1S/C11H17NO3/c1-14-11(15-2)7-12-10-5-3-4-9(6-10)8-13/h3-6,11-13H,7-8H2,1-2H3. The highest BCUT2D eigenvalue weighted by Gasteiger charge is 2.03. The van der Waals surface area contributed by atoms with Crippen LogP contribution in [-0.2, 0) is 16.1 Å². The van der Waals surface area contributed by atoms with Crippen molar-refractivity contribution in [2.45, 2.75) is 12.9 Å². The summed E-state index contributed by atoms with van der Waals surface area (Å²) in [5.41, 5.74) is 1.83. The van der Waals surface area contributed by atoms with Gasteiger partial charge in [0.1, 0.15) is 0 Å². The second-order valence-electron chi connectivity index (χ2n) is 3.14. The Bertz CT molecular complexity index is 287. The van der Waals surface area contributed by atoms with Crippen LogP contribution in [0.2, 0.25) is 0 Å². The number of nitrogens with one attached hydrogen (secondary N) is 1. The Kier molecular flexibility index (Phi) is 5.10. The molecular formula is C11H17NO3. The molecule has 4 heteroatoms. The summed E-state index contributed by atoms with van der Waals surface area (Å²) in [6, 6.07) is 7.59. The highest BCUT2D eigenvalue weighted by Crippen LogP contribution is 2.10. The number of benzene rings is 1. The maximum atomic E-state index is 8.95. The minimum absolute atomic E-state index is 0.0491. The molecule has 0 aliphatic carbocycles. The van der Waals surface area contributed by atoms with Gasteiger partial charge in [0, 0.05) is 19.9 Å². The van der Waals surface area contributed by atoms with Crippen LogP contribution in [0.15, 0.2) is 24.3 Å². The molecule has 0 saturated heterocycles. The van der Waals surface area contributed by atoms with Gasteiger partial charge in [-0.3, -0.25) is 0 Å². The predicted molar refractivity (Wildman–Crippen MR) is 58.7 cm³/mol. The average Bonchev–Trinajstić information content (AvgIpc) is 2.31. The Morgan fingerprint density at radius 2 is 2.07 bits per heavy atom. The summed E-state index contributed by atoms with van der Waals surface area (Å²) in [4.78, 5) is 0. The molecule has 15 heavy (non-hydrogen) atoms. The van der Waals surface area contributed by atoms with Crippen molar-refractivity contribution in [2.24, 2.45) is 0 Å². The summed E-state index contributed by atoms with van der Waals surface area (Å²) in [6.45, 7) is 0.620. The summed E-state index contributed by atoms with van der Waals surface area (Å²) < 4.78 is 10.1. The number of hydrogen-bond donors (Lipinski definition) is 2. The molecular weight excluding hydrogens is 194 g/mol. The summed E-state index contributed by atoms with van der Waals surface area (Å²) >= 11 is 0. The van der Waals surface area contributed by atoms with E-state index in [1.807, 2.05) is 24.3 Å². The Hall–Kier alpha value is -1.10. The average molecular weight is 211 g/mol. The van der Waals surface area contributed by atoms with E-state index in [0.29, 0.717) is 6.54 Å². The van der Waals surface area contributed by atoms with Gasteiger partial charge in [0.25, 0.3) is 0 Å². The van der Waals surface area contributed by atoms with E-state index in [9.17, 15) is 0 Å². The smallest absolute Gasteiger partial charge is 0.173 e. The summed E-state index contributed by atoms with van der Waals surface area (Å²) in [7, 11) is 3.19. The first-order valence-electron chi connectivity index (χ1n) is 4.79. The third-order valence-corrected chi connectivity index (χ3v) is 2.11. The van der Waals surface area contributed by atoms with E-state index in [1.165, 1.54) is 0 Å². The number of aliphatic hydroxyl groups is 1. The molecule has 4 nitrogen and oxygen atoms in total. The predicted octanol–water partition coefficient (Wildman–Crippen LogP) is 1.21. The minimum Gasteiger partial charge on any atom is -0.392 e. The van der Waals surface area contributed by atoms with Gasteiger partial charge in [-0.15, -0.1) is 0 Å². The van der Waals surface area contributed by atoms with Gasteiger partial charge in [-0.1, -0.05) is 12.1 Å². The molecule has 2 N–H and O–H groups in total. The van der Waals surface area contributed by atoms with Gasteiger partial charge < -0.3 is 19.9 Å². The van der Waals surface area contributed by atoms with Gasteiger partial charge in [-0.2, -0.15) is 0 Å². The quantitative estimate of drug-likeness (QED) is 0.694. The van der Waals surface area contributed by atoms with Gasteiger partial charge in [0.2, 0.25) is 0 Å². The van der Waals surface area contributed by atoms with Crippen molar-refractivity contribution >= 4 is 5.69 Å². The molecule has 84 valence electrons. The number of hydrogen-bond acceptors (Lipinski definition) is 4. The molecule has 0 bridgehead atoms. The Morgan fingerprint density at radius 3 is 2.67 bits per heavy atom. The van der Waals surface area contributed by atoms with Crippen molar-refractivity contribution in [1.29, 1.82) is 0 Å². The summed E-state index contributed by atoms with van der Waals surface area (Å²) in [5.74, 6) is 0. The molecule has 0 aliphatic rings. The molecule has 0 saturated carbocycles.